The summed E-state index contributed by atoms with van der Waals surface area (Å²) in [6.45, 7) is 2.25. The topological polar surface area (TPSA) is 77.2 Å². The summed E-state index contributed by atoms with van der Waals surface area (Å²) >= 11 is 6.27. The molecule has 3 aliphatic carbocycles. The Kier molecular flexibility index (Phi) is 5.87. The van der Waals surface area contributed by atoms with E-state index in [9.17, 15) is 4.79 Å². The number of nitrogens with zero attached hydrogens (tertiary/aromatic N) is 2. The van der Waals surface area contributed by atoms with E-state index in [0.29, 0.717) is 35.7 Å². The van der Waals surface area contributed by atoms with Gasteiger partial charge in [0.1, 0.15) is 17.3 Å². The van der Waals surface area contributed by atoms with Crippen molar-refractivity contribution >= 4 is 23.4 Å². The lowest BCUT2D eigenvalue weighted by molar-refractivity contribution is -0.154. The summed E-state index contributed by atoms with van der Waals surface area (Å²) < 4.78 is 11.5. The summed E-state index contributed by atoms with van der Waals surface area (Å²) in [5, 5.41) is 3.65. The van der Waals surface area contributed by atoms with Crippen molar-refractivity contribution in [2.75, 3.05) is 11.9 Å². The van der Waals surface area contributed by atoms with Crippen molar-refractivity contribution in [3.05, 3.63) is 53.8 Å². The van der Waals surface area contributed by atoms with Gasteiger partial charge in [-0.1, -0.05) is 30.3 Å². The highest BCUT2D eigenvalue weighted by Crippen LogP contribution is 2.46. The van der Waals surface area contributed by atoms with Crippen LogP contribution in [0.4, 0.5) is 5.82 Å². The fraction of sp³-hybridized carbons (Fsp3) is 0.400. The van der Waals surface area contributed by atoms with Crippen molar-refractivity contribution in [3.8, 4) is 22.8 Å². The van der Waals surface area contributed by atoms with E-state index in [0.717, 1.165) is 37.0 Å². The van der Waals surface area contributed by atoms with Crippen LogP contribution in [0.1, 0.15) is 32.6 Å². The van der Waals surface area contributed by atoms with Crippen LogP contribution >= 0.6 is 11.6 Å². The van der Waals surface area contributed by atoms with E-state index >= 15 is 0 Å². The van der Waals surface area contributed by atoms with Crippen molar-refractivity contribution in [1.29, 1.82) is 0 Å². The van der Waals surface area contributed by atoms with Gasteiger partial charge in [0.2, 0.25) is 5.28 Å². The zero-order valence-electron chi connectivity index (χ0n) is 18.0. The zero-order chi connectivity index (χ0) is 22.1. The number of aromatic nitrogens is 2. The molecule has 3 aromatic rings. The second kappa shape index (κ2) is 8.94. The van der Waals surface area contributed by atoms with Crippen molar-refractivity contribution in [2.24, 2.45) is 17.8 Å². The molecule has 2 aromatic heterocycles. The lowest BCUT2D eigenvalue weighted by atomic mass is 9.61. The van der Waals surface area contributed by atoms with Crippen LogP contribution in [0.25, 0.3) is 22.8 Å². The lowest BCUT2D eigenvalue weighted by Gasteiger charge is -2.47. The largest absolute Gasteiger partial charge is 0.466 e. The quantitative estimate of drug-likeness (QED) is 0.375. The Labute approximate surface area is 192 Å². The van der Waals surface area contributed by atoms with Crippen LogP contribution < -0.4 is 5.32 Å². The van der Waals surface area contributed by atoms with Gasteiger partial charge in [-0.2, -0.15) is 0 Å². The molecule has 0 radical (unpaired) electrons. The number of hydrogen-bond acceptors (Lipinski definition) is 6. The molecule has 0 spiro atoms. The first-order chi connectivity index (χ1) is 15.6. The SMILES string of the molecule is CCOC(=O)[C@H]1C2CCC(CC2)[C@@H]1Nc1cc(-c2ccc(-c3ccccc3)o2)nc(Cl)n1. The molecule has 6 rings (SSSR count). The fourth-order valence-electron chi connectivity index (χ4n) is 5.26. The molecular formula is C25H26ClN3O3. The van der Waals surface area contributed by atoms with Crippen molar-refractivity contribution in [3.63, 3.8) is 0 Å². The third kappa shape index (κ3) is 4.11. The first kappa shape index (κ1) is 21.0. The molecule has 2 bridgehead atoms. The smallest absolute Gasteiger partial charge is 0.311 e. The minimum Gasteiger partial charge on any atom is -0.466 e. The molecular weight excluding hydrogens is 426 g/mol. The Bertz CT molecular complexity index is 1090. The monoisotopic (exact) mass is 451 g/mol. The molecule has 3 saturated carbocycles. The number of halogens is 1. The van der Waals surface area contributed by atoms with Gasteiger partial charge in [-0.15, -0.1) is 0 Å². The van der Waals surface area contributed by atoms with E-state index in [2.05, 4.69) is 15.3 Å². The molecule has 1 aromatic carbocycles. The van der Waals surface area contributed by atoms with Gasteiger partial charge < -0.3 is 14.5 Å². The number of fused-ring (bicyclic) bond motifs is 3. The van der Waals surface area contributed by atoms with Gasteiger partial charge in [-0.05, 0) is 68.2 Å². The Morgan fingerprint density at radius 2 is 1.78 bits per heavy atom. The van der Waals surface area contributed by atoms with Crippen LogP contribution in [-0.4, -0.2) is 28.6 Å². The van der Waals surface area contributed by atoms with Crippen LogP contribution in [-0.2, 0) is 9.53 Å². The van der Waals surface area contributed by atoms with Crippen LogP contribution in [0.3, 0.4) is 0 Å². The first-order valence-electron chi connectivity index (χ1n) is 11.3. The van der Waals surface area contributed by atoms with Gasteiger partial charge in [0, 0.05) is 17.7 Å². The summed E-state index contributed by atoms with van der Waals surface area (Å²) in [6, 6.07) is 15.5. The van der Waals surface area contributed by atoms with E-state index in [1.54, 1.807) is 0 Å². The number of hydrogen-bond donors (Lipinski definition) is 1. The molecule has 0 unspecified atom stereocenters. The van der Waals surface area contributed by atoms with Crippen LogP contribution in [0, 0.1) is 17.8 Å². The minimum atomic E-state index is -0.159. The van der Waals surface area contributed by atoms with E-state index in [1.165, 1.54) is 0 Å². The second-order valence-electron chi connectivity index (χ2n) is 8.56. The molecule has 3 aliphatic rings. The number of rotatable bonds is 6. The highest BCUT2D eigenvalue weighted by molar-refractivity contribution is 6.28. The zero-order valence-corrected chi connectivity index (χ0v) is 18.7. The highest BCUT2D eigenvalue weighted by Gasteiger charge is 2.48. The maximum absolute atomic E-state index is 12.7. The summed E-state index contributed by atoms with van der Waals surface area (Å²) in [5.74, 6) is 2.47. The van der Waals surface area contributed by atoms with Gasteiger partial charge >= 0.3 is 5.97 Å². The number of nitrogens with one attached hydrogen (secondary N) is 1. The fourth-order valence-corrected chi connectivity index (χ4v) is 5.44. The van der Waals surface area contributed by atoms with Crippen LogP contribution in [0.2, 0.25) is 5.28 Å². The number of carbonyl (C=O) groups excluding carboxylic acids is 1. The summed E-state index contributed by atoms with van der Waals surface area (Å²) in [5.41, 5.74) is 1.59. The molecule has 2 heterocycles. The standard InChI is InChI=1S/C25H26ClN3O3/c1-2-31-24(30)22-16-8-10-17(11-9-16)23(22)28-21-14-18(27-25(26)29-21)20-13-12-19(32-20)15-6-4-3-5-7-15/h3-7,12-14,16-17,22-23H,2,8-11H2,1H3,(H,27,28,29)/t16?,17?,22-,23-/m0/s1. The molecule has 1 N–H and O–H groups in total. The molecule has 0 amide bonds. The van der Waals surface area contributed by atoms with Gasteiger partial charge in [0.05, 0.1) is 12.5 Å². The van der Waals surface area contributed by atoms with Crippen molar-refractivity contribution in [2.45, 2.75) is 38.6 Å². The van der Waals surface area contributed by atoms with Gasteiger partial charge in [-0.3, -0.25) is 4.79 Å². The lowest BCUT2D eigenvalue weighted by Crippen LogP contribution is -2.52. The molecule has 0 aliphatic heterocycles. The van der Waals surface area contributed by atoms with E-state index in [4.69, 9.17) is 20.8 Å². The van der Waals surface area contributed by atoms with Gasteiger partial charge in [-0.25, -0.2) is 9.97 Å². The van der Waals surface area contributed by atoms with E-state index in [1.807, 2.05) is 55.5 Å². The Morgan fingerprint density at radius 3 is 2.53 bits per heavy atom. The minimum absolute atomic E-state index is 0.0168. The van der Waals surface area contributed by atoms with Crippen molar-refractivity contribution in [1.82, 2.24) is 9.97 Å². The molecule has 2 atom stereocenters. The maximum Gasteiger partial charge on any atom is 0.311 e. The molecule has 32 heavy (non-hydrogen) atoms. The third-order valence-corrected chi connectivity index (χ3v) is 6.88. The number of anilines is 1. The average molecular weight is 452 g/mol. The average Bonchev–Trinajstić information content (AvgIpc) is 3.31. The molecule has 166 valence electrons. The van der Waals surface area contributed by atoms with E-state index < -0.39 is 0 Å². The third-order valence-electron chi connectivity index (χ3n) is 6.71. The second-order valence-corrected chi connectivity index (χ2v) is 8.90. The van der Waals surface area contributed by atoms with Crippen molar-refractivity contribution < 1.29 is 13.9 Å². The molecule has 7 heteroatoms. The van der Waals surface area contributed by atoms with E-state index in [-0.39, 0.29) is 23.2 Å². The number of ether oxygens (including phenoxy) is 1. The predicted molar refractivity (Wildman–Crippen MR) is 123 cm³/mol. The number of benzene rings is 1. The molecule has 0 saturated heterocycles. The van der Waals surface area contributed by atoms with Crippen LogP contribution in [0.15, 0.2) is 52.9 Å². The molecule has 3 fully saturated rings. The summed E-state index contributed by atoms with van der Waals surface area (Å²) in [4.78, 5) is 21.5. The Morgan fingerprint density at radius 1 is 1.06 bits per heavy atom. The summed E-state index contributed by atoms with van der Waals surface area (Å²) in [7, 11) is 0. The summed E-state index contributed by atoms with van der Waals surface area (Å²) in [6.07, 6.45) is 4.39. The first-order valence-corrected chi connectivity index (χ1v) is 11.6. The Hall–Kier alpha value is -2.86. The molecule has 6 nitrogen and oxygen atoms in total. The van der Waals surface area contributed by atoms with Crippen LogP contribution in [0.5, 0.6) is 0 Å². The predicted octanol–water partition coefficient (Wildman–Crippen LogP) is 5.84. The normalized spacial score (nSPS) is 24.3. The highest BCUT2D eigenvalue weighted by atomic mass is 35.5. The number of carbonyl (C=O) groups is 1. The number of esters is 1. The number of furan rings is 1. The van der Waals surface area contributed by atoms with Gasteiger partial charge in [0.15, 0.2) is 5.76 Å². The Balaban J connectivity index is 1.42. The maximum atomic E-state index is 12.7. The van der Waals surface area contributed by atoms with Gasteiger partial charge in [0.25, 0.3) is 0 Å².